The predicted molar refractivity (Wildman–Crippen MR) is 147 cm³/mol. The van der Waals surface area contributed by atoms with Crippen molar-refractivity contribution in [1.29, 1.82) is 0 Å². The molecule has 0 heterocycles. The van der Waals surface area contributed by atoms with Crippen LogP contribution in [0.1, 0.15) is 50.3 Å². The molecule has 0 unspecified atom stereocenters. The lowest BCUT2D eigenvalue weighted by Crippen LogP contribution is -2.53. The molecule has 7 nitrogen and oxygen atoms in total. The Morgan fingerprint density at radius 2 is 1.67 bits per heavy atom. The van der Waals surface area contributed by atoms with Crippen LogP contribution in [-0.4, -0.2) is 50.0 Å². The number of aryl methyl sites for hydroxylation is 2. The molecule has 0 aromatic heterocycles. The molecule has 198 valence electrons. The number of hydrogen-bond donors (Lipinski definition) is 1. The van der Waals surface area contributed by atoms with Gasteiger partial charge in [0.15, 0.2) is 0 Å². The number of sulfonamides is 1. The van der Waals surface area contributed by atoms with Crippen molar-refractivity contribution in [1.82, 2.24) is 10.2 Å². The summed E-state index contributed by atoms with van der Waals surface area (Å²) in [6, 6.07) is 9.24. The summed E-state index contributed by atoms with van der Waals surface area (Å²) in [5.41, 5.74) is 2.89. The van der Waals surface area contributed by atoms with Crippen LogP contribution >= 0.6 is 23.2 Å². The normalized spacial score (nSPS) is 13.1. The largest absolute Gasteiger partial charge is 0.352 e. The standard InChI is InChI=1S/C26H35Cl2N3O4S/c1-7-19(5)29-26(33)24(8-2)30(15-20-10-11-21(27)14-23(20)28)25(32)16-31(36(6,34)35)22-12-9-17(3)18(4)13-22/h9-14,19,24H,7-8,15-16H2,1-6H3,(H,29,33)/t19-,24+/m0/s1. The van der Waals surface area contributed by atoms with Gasteiger partial charge in [0, 0.05) is 22.6 Å². The van der Waals surface area contributed by atoms with Crippen LogP contribution in [0.3, 0.4) is 0 Å². The zero-order valence-corrected chi connectivity index (χ0v) is 24.0. The van der Waals surface area contributed by atoms with Crippen LogP contribution in [0.4, 0.5) is 5.69 Å². The quantitative estimate of drug-likeness (QED) is 0.418. The molecule has 2 atom stereocenters. The number of halogens is 2. The van der Waals surface area contributed by atoms with E-state index >= 15 is 0 Å². The molecule has 1 N–H and O–H groups in total. The second-order valence-corrected chi connectivity index (χ2v) is 11.8. The molecule has 2 aromatic rings. The molecule has 0 spiro atoms. The molecule has 2 aromatic carbocycles. The number of hydrogen-bond acceptors (Lipinski definition) is 4. The molecule has 0 aliphatic rings. The molecule has 0 bridgehead atoms. The number of nitrogens with zero attached hydrogens (tertiary/aromatic N) is 2. The molecule has 2 amide bonds. The van der Waals surface area contributed by atoms with Crippen molar-refractivity contribution in [2.75, 3.05) is 17.1 Å². The number of carbonyl (C=O) groups excluding carboxylic acids is 2. The average Bonchev–Trinajstić information content (AvgIpc) is 2.79. The Morgan fingerprint density at radius 3 is 2.19 bits per heavy atom. The first kappa shape index (κ1) is 29.9. The Labute approximate surface area is 224 Å². The summed E-state index contributed by atoms with van der Waals surface area (Å²) in [6.07, 6.45) is 2.12. The minimum Gasteiger partial charge on any atom is -0.352 e. The zero-order chi connectivity index (χ0) is 27.2. The fourth-order valence-corrected chi connectivity index (χ4v) is 5.00. The van der Waals surface area contributed by atoms with Crippen LogP contribution in [0.15, 0.2) is 36.4 Å². The molecule has 0 aliphatic heterocycles. The van der Waals surface area contributed by atoms with Gasteiger partial charge < -0.3 is 10.2 Å². The number of rotatable bonds is 11. The first-order chi connectivity index (χ1) is 16.8. The maximum absolute atomic E-state index is 13.7. The molecular formula is C26H35Cl2N3O4S. The second kappa shape index (κ2) is 12.8. The SMILES string of the molecule is CC[C@H](C(=O)N[C@@H](C)CC)N(Cc1ccc(Cl)cc1Cl)C(=O)CN(c1ccc(C)c(C)c1)S(C)(=O)=O. The summed E-state index contributed by atoms with van der Waals surface area (Å²) in [7, 11) is -3.80. The van der Waals surface area contributed by atoms with E-state index in [4.69, 9.17) is 23.2 Å². The second-order valence-electron chi connectivity index (χ2n) is 9.04. The Bertz CT molecular complexity index is 1200. The van der Waals surface area contributed by atoms with Gasteiger partial charge in [0.1, 0.15) is 12.6 Å². The van der Waals surface area contributed by atoms with E-state index in [9.17, 15) is 18.0 Å². The third-order valence-corrected chi connectivity index (χ3v) is 7.93. The Hall–Kier alpha value is -2.29. The van der Waals surface area contributed by atoms with Gasteiger partial charge in [-0.15, -0.1) is 0 Å². The van der Waals surface area contributed by atoms with Crippen molar-refractivity contribution in [2.24, 2.45) is 0 Å². The maximum atomic E-state index is 13.7. The van der Waals surface area contributed by atoms with Crippen LogP contribution in [-0.2, 0) is 26.2 Å². The van der Waals surface area contributed by atoms with Crippen molar-refractivity contribution in [2.45, 2.75) is 66.1 Å². The van der Waals surface area contributed by atoms with Gasteiger partial charge in [0.25, 0.3) is 0 Å². The first-order valence-corrected chi connectivity index (χ1v) is 14.5. The molecule has 0 fully saturated rings. The molecule has 10 heteroatoms. The van der Waals surface area contributed by atoms with Gasteiger partial charge in [0.2, 0.25) is 21.8 Å². The van der Waals surface area contributed by atoms with E-state index in [0.29, 0.717) is 27.7 Å². The lowest BCUT2D eigenvalue weighted by atomic mass is 10.1. The fourth-order valence-electron chi connectivity index (χ4n) is 3.69. The lowest BCUT2D eigenvalue weighted by Gasteiger charge is -2.33. The Kier molecular flexibility index (Phi) is 10.6. The number of nitrogens with one attached hydrogen (secondary N) is 1. The maximum Gasteiger partial charge on any atom is 0.244 e. The third-order valence-electron chi connectivity index (χ3n) is 6.20. The van der Waals surface area contributed by atoms with E-state index in [1.165, 1.54) is 4.90 Å². The number of carbonyl (C=O) groups is 2. The highest BCUT2D eigenvalue weighted by Gasteiger charge is 2.32. The van der Waals surface area contributed by atoms with Gasteiger partial charge in [0.05, 0.1) is 11.9 Å². The van der Waals surface area contributed by atoms with Crippen LogP contribution in [0.5, 0.6) is 0 Å². The van der Waals surface area contributed by atoms with Gasteiger partial charge >= 0.3 is 0 Å². The summed E-state index contributed by atoms with van der Waals surface area (Å²) < 4.78 is 26.5. The van der Waals surface area contributed by atoms with Gasteiger partial charge in [-0.05, 0) is 74.6 Å². The predicted octanol–water partition coefficient (Wildman–Crippen LogP) is 5.10. The molecule has 0 aliphatic carbocycles. The topological polar surface area (TPSA) is 86.8 Å². The number of benzene rings is 2. The van der Waals surface area contributed by atoms with E-state index in [2.05, 4.69) is 5.32 Å². The van der Waals surface area contributed by atoms with Crippen LogP contribution in [0.25, 0.3) is 0 Å². The van der Waals surface area contributed by atoms with E-state index in [-0.39, 0.29) is 18.5 Å². The zero-order valence-electron chi connectivity index (χ0n) is 21.6. The Balaban J connectivity index is 2.50. The highest BCUT2D eigenvalue weighted by molar-refractivity contribution is 7.92. The molecule has 2 rings (SSSR count). The summed E-state index contributed by atoms with van der Waals surface area (Å²) in [5.74, 6) is -0.821. The first-order valence-electron chi connectivity index (χ1n) is 11.9. The minimum absolute atomic E-state index is 0.0196. The minimum atomic E-state index is -3.80. The highest BCUT2D eigenvalue weighted by Crippen LogP contribution is 2.25. The van der Waals surface area contributed by atoms with Gasteiger partial charge in [-0.2, -0.15) is 0 Å². The highest BCUT2D eigenvalue weighted by atomic mass is 35.5. The molecular weight excluding hydrogens is 521 g/mol. The lowest BCUT2D eigenvalue weighted by molar-refractivity contribution is -0.140. The number of amides is 2. The van der Waals surface area contributed by atoms with E-state index < -0.39 is 28.5 Å². The van der Waals surface area contributed by atoms with Crippen LogP contribution in [0, 0.1) is 13.8 Å². The number of anilines is 1. The summed E-state index contributed by atoms with van der Waals surface area (Å²) in [4.78, 5) is 28.3. The van der Waals surface area contributed by atoms with Crippen LogP contribution < -0.4 is 9.62 Å². The van der Waals surface area contributed by atoms with E-state index in [0.717, 1.165) is 28.1 Å². The van der Waals surface area contributed by atoms with E-state index in [1.807, 2.05) is 40.7 Å². The molecule has 36 heavy (non-hydrogen) atoms. The fraction of sp³-hybridized carbons (Fsp3) is 0.462. The van der Waals surface area contributed by atoms with Crippen molar-refractivity contribution in [3.8, 4) is 0 Å². The van der Waals surface area contributed by atoms with Gasteiger partial charge in [-0.1, -0.05) is 49.2 Å². The van der Waals surface area contributed by atoms with Crippen molar-refractivity contribution in [3.63, 3.8) is 0 Å². The smallest absolute Gasteiger partial charge is 0.244 e. The summed E-state index contributed by atoms with van der Waals surface area (Å²) in [6.45, 7) is 9.01. The Morgan fingerprint density at radius 1 is 1.00 bits per heavy atom. The monoisotopic (exact) mass is 555 g/mol. The third kappa shape index (κ3) is 7.85. The van der Waals surface area contributed by atoms with Crippen LogP contribution in [0.2, 0.25) is 10.0 Å². The van der Waals surface area contributed by atoms with Crippen molar-refractivity contribution >= 4 is 50.7 Å². The summed E-state index contributed by atoms with van der Waals surface area (Å²) in [5, 5.41) is 3.73. The molecule has 0 saturated heterocycles. The van der Waals surface area contributed by atoms with Crippen molar-refractivity contribution in [3.05, 3.63) is 63.1 Å². The van der Waals surface area contributed by atoms with Crippen molar-refractivity contribution < 1.29 is 18.0 Å². The average molecular weight is 557 g/mol. The van der Waals surface area contributed by atoms with E-state index in [1.54, 1.807) is 30.3 Å². The van der Waals surface area contributed by atoms with Gasteiger partial charge in [-0.3, -0.25) is 13.9 Å². The molecule has 0 radical (unpaired) electrons. The summed E-state index contributed by atoms with van der Waals surface area (Å²) >= 11 is 12.4. The molecule has 0 saturated carbocycles. The van der Waals surface area contributed by atoms with Gasteiger partial charge in [-0.25, -0.2) is 8.42 Å².